The number of carbonyl (C=O) groups excluding carboxylic acids is 1. The van der Waals surface area contributed by atoms with Crippen LogP contribution in [0.5, 0.6) is 11.5 Å². The Morgan fingerprint density at radius 2 is 1.98 bits per heavy atom. The highest BCUT2D eigenvalue weighted by molar-refractivity contribution is 5.81. The zero-order valence-corrected chi connectivity index (χ0v) is 24.8. The molecular weight excluding hydrogens is 506 g/mol. The number of benzene rings is 2. The number of fused-ring (bicyclic) bond motifs is 1. The van der Waals surface area contributed by atoms with E-state index in [1.54, 1.807) is 14.2 Å². The first kappa shape index (κ1) is 30.2. The van der Waals surface area contributed by atoms with Crippen molar-refractivity contribution in [1.29, 1.82) is 0 Å². The van der Waals surface area contributed by atoms with Crippen molar-refractivity contribution in [2.24, 2.45) is 5.41 Å². The Balaban J connectivity index is 1.46. The molecule has 0 saturated carbocycles. The summed E-state index contributed by atoms with van der Waals surface area (Å²) >= 11 is 0. The fourth-order valence-electron chi connectivity index (χ4n) is 5.85. The first-order chi connectivity index (χ1) is 19.3. The summed E-state index contributed by atoms with van der Waals surface area (Å²) in [6.07, 6.45) is 2.64. The third kappa shape index (κ3) is 7.68. The second-order valence-corrected chi connectivity index (χ2v) is 11.5. The monoisotopic (exact) mass is 553 g/mol. The lowest BCUT2D eigenvalue weighted by molar-refractivity contribution is -0.130. The number of hydrogen-bond acceptors (Lipinski definition) is 7. The summed E-state index contributed by atoms with van der Waals surface area (Å²) < 4.78 is 23.2. The van der Waals surface area contributed by atoms with E-state index in [9.17, 15) is 4.79 Å². The Morgan fingerprint density at radius 3 is 2.70 bits per heavy atom. The SMILES string of the molecule is CCNC(=O)C(C)(C)C[C@@H]1C[C@H](c2ccc(OC)cc2)[C@@H](OCc2ccc3c(c2)N(CCCOC)CCO3)CN1. The van der Waals surface area contributed by atoms with Gasteiger partial charge in [-0.1, -0.05) is 32.0 Å². The number of nitrogens with one attached hydrogen (secondary N) is 2. The summed E-state index contributed by atoms with van der Waals surface area (Å²) in [4.78, 5) is 15.1. The van der Waals surface area contributed by atoms with Gasteiger partial charge in [0.05, 0.1) is 32.1 Å². The van der Waals surface area contributed by atoms with Gasteiger partial charge in [0.15, 0.2) is 0 Å². The van der Waals surface area contributed by atoms with Gasteiger partial charge in [0.2, 0.25) is 5.91 Å². The van der Waals surface area contributed by atoms with E-state index in [4.69, 9.17) is 18.9 Å². The molecule has 2 N–H and O–H groups in total. The summed E-state index contributed by atoms with van der Waals surface area (Å²) in [5.41, 5.74) is 3.04. The normalized spacial score (nSPS) is 20.9. The first-order valence-corrected chi connectivity index (χ1v) is 14.6. The second-order valence-electron chi connectivity index (χ2n) is 11.5. The van der Waals surface area contributed by atoms with Gasteiger partial charge in [-0.3, -0.25) is 4.79 Å². The summed E-state index contributed by atoms with van der Waals surface area (Å²) in [7, 11) is 3.43. The van der Waals surface area contributed by atoms with Gasteiger partial charge < -0.3 is 34.5 Å². The van der Waals surface area contributed by atoms with Crippen molar-refractivity contribution in [3.05, 3.63) is 53.6 Å². The van der Waals surface area contributed by atoms with E-state index in [0.717, 1.165) is 68.3 Å². The lowest BCUT2D eigenvalue weighted by Gasteiger charge is -2.40. The van der Waals surface area contributed by atoms with Crippen molar-refractivity contribution in [3.63, 3.8) is 0 Å². The molecule has 1 amide bonds. The molecule has 0 bridgehead atoms. The van der Waals surface area contributed by atoms with Crippen LogP contribution in [0.25, 0.3) is 0 Å². The second kappa shape index (κ2) is 14.2. The van der Waals surface area contributed by atoms with Gasteiger partial charge in [-0.25, -0.2) is 0 Å². The molecule has 2 heterocycles. The van der Waals surface area contributed by atoms with Crippen LogP contribution in [0.2, 0.25) is 0 Å². The predicted molar refractivity (Wildman–Crippen MR) is 158 cm³/mol. The van der Waals surface area contributed by atoms with E-state index in [1.165, 1.54) is 5.56 Å². The minimum absolute atomic E-state index is 0.00214. The van der Waals surface area contributed by atoms with Crippen molar-refractivity contribution in [1.82, 2.24) is 10.6 Å². The lowest BCUT2D eigenvalue weighted by Crippen LogP contribution is -2.50. The molecule has 2 aromatic carbocycles. The van der Waals surface area contributed by atoms with Gasteiger partial charge in [-0.2, -0.15) is 0 Å². The van der Waals surface area contributed by atoms with E-state index >= 15 is 0 Å². The Hall–Kier alpha value is -2.81. The Morgan fingerprint density at radius 1 is 1.18 bits per heavy atom. The number of carbonyl (C=O) groups is 1. The molecule has 2 aliphatic rings. The zero-order valence-electron chi connectivity index (χ0n) is 24.8. The Kier molecular flexibility index (Phi) is 10.7. The highest BCUT2D eigenvalue weighted by Crippen LogP contribution is 2.37. The maximum absolute atomic E-state index is 12.7. The number of rotatable bonds is 13. The van der Waals surface area contributed by atoms with Gasteiger partial charge >= 0.3 is 0 Å². The van der Waals surface area contributed by atoms with Crippen LogP contribution in [-0.4, -0.2) is 71.7 Å². The standard InChI is InChI=1S/C32H47N3O5/c1-6-33-31(36)32(2,3)20-25-19-27(24-9-11-26(38-5)12-10-24)30(21-34-25)40-22-23-8-13-29-28(18-23)35(15-17-39-29)14-7-16-37-4/h8-13,18,25,27,30,34H,6-7,14-17,19-22H2,1-5H3,(H,33,36)/t25-,27+,30-/m0/s1. The van der Waals surface area contributed by atoms with Gasteiger partial charge in [-0.15, -0.1) is 0 Å². The molecule has 8 nitrogen and oxygen atoms in total. The van der Waals surface area contributed by atoms with Crippen molar-refractivity contribution < 1.29 is 23.7 Å². The molecule has 0 spiro atoms. The number of piperidine rings is 1. The molecular formula is C32H47N3O5. The van der Waals surface area contributed by atoms with Gasteiger partial charge in [0.25, 0.3) is 0 Å². The van der Waals surface area contributed by atoms with E-state index in [-0.39, 0.29) is 24.0 Å². The van der Waals surface area contributed by atoms with Crippen LogP contribution in [0.4, 0.5) is 5.69 Å². The summed E-state index contributed by atoms with van der Waals surface area (Å²) in [6, 6.07) is 14.9. The largest absolute Gasteiger partial charge is 0.497 e. The van der Waals surface area contributed by atoms with Crippen LogP contribution in [0.15, 0.2) is 42.5 Å². The minimum Gasteiger partial charge on any atom is -0.497 e. The lowest BCUT2D eigenvalue weighted by atomic mass is 9.77. The third-order valence-electron chi connectivity index (χ3n) is 8.07. The van der Waals surface area contributed by atoms with E-state index < -0.39 is 5.41 Å². The number of amides is 1. The molecule has 2 aliphatic heterocycles. The molecule has 0 aliphatic carbocycles. The molecule has 3 atom stereocenters. The maximum atomic E-state index is 12.7. The maximum Gasteiger partial charge on any atom is 0.225 e. The topological polar surface area (TPSA) is 81.3 Å². The van der Waals surface area contributed by atoms with E-state index in [1.807, 2.05) is 32.9 Å². The predicted octanol–water partition coefficient (Wildman–Crippen LogP) is 4.51. The van der Waals surface area contributed by atoms with Crippen molar-refractivity contribution >= 4 is 11.6 Å². The summed E-state index contributed by atoms with van der Waals surface area (Å²) in [5.74, 6) is 2.08. The smallest absolute Gasteiger partial charge is 0.225 e. The molecule has 0 aromatic heterocycles. The number of ether oxygens (including phenoxy) is 4. The average Bonchev–Trinajstić information content (AvgIpc) is 2.96. The van der Waals surface area contributed by atoms with Gasteiger partial charge in [-0.05, 0) is 61.6 Å². The molecule has 1 fully saturated rings. The molecule has 4 rings (SSSR count). The van der Waals surface area contributed by atoms with Crippen molar-refractivity contribution in [2.75, 3.05) is 58.5 Å². The first-order valence-electron chi connectivity index (χ1n) is 14.6. The van der Waals surface area contributed by atoms with Crippen LogP contribution >= 0.6 is 0 Å². The number of hydrogen-bond donors (Lipinski definition) is 2. The number of methoxy groups -OCH3 is 2. The zero-order chi connectivity index (χ0) is 28.5. The van der Waals surface area contributed by atoms with Crippen LogP contribution in [0.1, 0.15) is 57.1 Å². The quantitative estimate of drug-likeness (QED) is 0.353. The minimum atomic E-state index is -0.452. The average molecular weight is 554 g/mol. The van der Waals surface area contributed by atoms with Gasteiger partial charge in [0.1, 0.15) is 18.1 Å². The highest BCUT2D eigenvalue weighted by Gasteiger charge is 2.37. The van der Waals surface area contributed by atoms with E-state index in [0.29, 0.717) is 19.8 Å². The van der Waals surface area contributed by atoms with Crippen LogP contribution < -0.4 is 25.0 Å². The van der Waals surface area contributed by atoms with Crippen LogP contribution in [-0.2, 0) is 20.9 Å². The molecule has 40 heavy (non-hydrogen) atoms. The molecule has 0 radical (unpaired) electrons. The fourth-order valence-corrected chi connectivity index (χ4v) is 5.85. The molecule has 2 aromatic rings. The van der Waals surface area contributed by atoms with E-state index in [2.05, 4.69) is 45.9 Å². The van der Waals surface area contributed by atoms with Gasteiger partial charge in [0, 0.05) is 50.7 Å². The summed E-state index contributed by atoms with van der Waals surface area (Å²) in [5, 5.41) is 6.69. The summed E-state index contributed by atoms with van der Waals surface area (Å²) in [6.45, 7) is 11.2. The third-order valence-corrected chi connectivity index (χ3v) is 8.07. The highest BCUT2D eigenvalue weighted by atomic mass is 16.5. The van der Waals surface area contributed by atoms with Crippen LogP contribution in [0.3, 0.4) is 0 Å². The Labute approximate surface area is 239 Å². The number of nitrogens with zero attached hydrogens (tertiary/aromatic N) is 1. The van der Waals surface area contributed by atoms with Crippen molar-refractivity contribution in [2.45, 2.75) is 64.7 Å². The van der Waals surface area contributed by atoms with Crippen molar-refractivity contribution in [3.8, 4) is 11.5 Å². The molecule has 8 heteroatoms. The molecule has 220 valence electrons. The number of anilines is 1. The Bertz CT molecular complexity index is 1090. The van der Waals surface area contributed by atoms with Crippen LogP contribution in [0, 0.1) is 5.41 Å². The fraction of sp³-hybridized carbons (Fsp3) is 0.594. The molecule has 1 saturated heterocycles. The molecule has 0 unspecified atom stereocenters.